The fourth-order valence-corrected chi connectivity index (χ4v) is 2.50. The number of rotatable bonds is 11. The molecule has 2 unspecified atom stereocenters. The van der Waals surface area contributed by atoms with Gasteiger partial charge in [-0.25, -0.2) is 0 Å². The third-order valence-electron chi connectivity index (χ3n) is 3.73. The van der Waals surface area contributed by atoms with Gasteiger partial charge in [-0.2, -0.15) is 0 Å². The van der Waals surface area contributed by atoms with E-state index in [0.717, 1.165) is 17.9 Å². The Morgan fingerprint density at radius 1 is 0.882 bits per heavy atom. The second kappa shape index (κ2) is 11.1. The molecule has 0 aliphatic carbocycles. The predicted octanol–water partition coefficient (Wildman–Crippen LogP) is 5.01. The van der Waals surface area contributed by atoms with Crippen molar-refractivity contribution in [3.8, 4) is 0 Å². The van der Waals surface area contributed by atoms with Crippen LogP contribution in [0, 0.1) is 11.8 Å². The lowest BCUT2D eigenvalue weighted by molar-refractivity contribution is 0.289. The first-order valence-electron chi connectivity index (χ1n) is 7.88. The van der Waals surface area contributed by atoms with Crippen LogP contribution in [-0.2, 0) is 0 Å². The molecule has 2 atom stereocenters. The first-order chi connectivity index (χ1) is 8.15. The lowest BCUT2D eigenvalue weighted by Crippen LogP contribution is -2.36. The van der Waals surface area contributed by atoms with Crippen LogP contribution in [0.5, 0.6) is 0 Å². The van der Waals surface area contributed by atoms with Gasteiger partial charge < -0.3 is 5.32 Å². The smallest absolute Gasteiger partial charge is 0.00953 e. The van der Waals surface area contributed by atoms with E-state index in [-0.39, 0.29) is 0 Å². The first kappa shape index (κ1) is 17.0. The summed E-state index contributed by atoms with van der Waals surface area (Å²) < 4.78 is 0. The van der Waals surface area contributed by atoms with E-state index >= 15 is 0 Å². The molecular formula is C16H35N. The van der Waals surface area contributed by atoms with E-state index in [0.29, 0.717) is 0 Å². The number of hydrogen-bond acceptors (Lipinski definition) is 1. The van der Waals surface area contributed by atoms with E-state index in [2.05, 4.69) is 39.9 Å². The van der Waals surface area contributed by atoms with Gasteiger partial charge in [-0.3, -0.25) is 0 Å². The summed E-state index contributed by atoms with van der Waals surface area (Å²) in [5, 5.41) is 3.78. The van der Waals surface area contributed by atoms with Gasteiger partial charge >= 0.3 is 0 Å². The van der Waals surface area contributed by atoms with Gasteiger partial charge in [-0.1, -0.05) is 53.9 Å². The molecule has 0 fully saturated rings. The average Bonchev–Trinajstić information content (AvgIpc) is 2.31. The van der Waals surface area contributed by atoms with Gasteiger partial charge in [-0.05, 0) is 44.1 Å². The Morgan fingerprint density at radius 2 is 1.59 bits per heavy atom. The highest BCUT2D eigenvalue weighted by Gasteiger charge is 2.18. The highest BCUT2D eigenvalue weighted by molar-refractivity contribution is 4.76. The van der Waals surface area contributed by atoms with Gasteiger partial charge in [0, 0.05) is 6.04 Å². The highest BCUT2D eigenvalue weighted by atomic mass is 14.9. The summed E-state index contributed by atoms with van der Waals surface area (Å²) in [6.45, 7) is 12.8. The maximum Gasteiger partial charge on any atom is 0.00953 e. The summed E-state index contributed by atoms with van der Waals surface area (Å²) in [7, 11) is 0. The summed E-state index contributed by atoms with van der Waals surface area (Å²) >= 11 is 0. The van der Waals surface area contributed by atoms with Crippen LogP contribution in [0.2, 0.25) is 0 Å². The van der Waals surface area contributed by atoms with E-state index in [4.69, 9.17) is 0 Å². The van der Waals surface area contributed by atoms with Gasteiger partial charge in [0.1, 0.15) is 0 Å². The van der Waals surface area contributed by atoms with E-state index < -0.39 is 0 Å². The first-order valence-corrected chi connectivity index (χ1v) is 7.88. The van der Waals surface area contributed by atoms with Crippen LogP contribution < -0.4 is 5.32 Å². The van der Waals surface area contributed by atoms with Gasteiger partial charge in [0.25, 0.3) is 0 Å². The van der Waals surface area contributed by atoms with Crippen LogP contribution in [0.4, 0.5) is 0 Å². The highest BCUT2D eigenvalue weighted by Crippen LogP contribution is 2.22. The summed E-state index contributed by atoms with van der Waals surface area (Å²) in [5.41, 5.74) is 0. The molecule has 1 heteroatoms. The Kier molecular flexibility index (Phi) is 11.0. The summed E-state index contributed by atoms with van der Waals surface area (Å²) in [6, 6.07) is 0.758. The topological polar surface area (TPSA) is 12.0 Å². The van der Waals surface area contributed by atoms with Gasteiger partial charge in [-0.15, -0.1) is 0 Å². The van der Waals surface area contributed by atoms with Crippen LogP contribution in [-0.4, -0.2) is 12.6 Å². The molecule has 104 valence electrons. The van der Waals surface area contributed by atoms with E-state index in [1.165, 1.54) is 51.5 Å². The van der Waals surface area contributed by atoms with Crippen molar-refractivity contribution in [1.29, 1.82) is 0 Å². The van der Waals surface area contributed by atoms with Crippen LogP contribution in [0.25, 0.3) is 0 Å². The second-order valence-corrected chi connectivity index (χ2v) is 5.84. The predicted molar refractivity (Wildman–Crippen MR) is 79.5 cm³/mol. The van der Waals surface area contributed by atoms with Crippen molar-refractivity contribution in [3.63, 3.8) is 0 Å². The van der Waals surface area contributed by atoms with Crippen molar-refractivity contribution >= 4 is 0 Å². The minimum atomic E-state index is 0.758. The minimum Gasteiger partial charge on any atom is -0.314 e. The Labute approximate surface area is 110 Å². The van der Waals surface area contributed by atoms with Crippen molar-refractivity contribution in [2.24, 2.45) is 11.8 Å². The fourth-order valence-electron chi connectivity index (χ4n) is 2.50. The molecular weight excluding hydrogens is 206 g/mol. The van der Waals surface area contributed by atoms with Crippen molar-refractivity contribution < 1.29 is 0 Å². The van der Waals surface area contributed by atoms with E-state index in [9.17, 15) is 0 Å². The van der Waals surface area contributed by atoms with Gasteiger partial charge in [0.2, 0.25) is 0 Å². The van der Waals surface area contributed by atoms with Crippen LogP contribution >= 0.6 is 0 Å². The molecule has 0 radical (unpaired) electrons. The fraction of sp³-hybridized carbons (Fsp3) is 1.00. The number of unbranched alkanes of at least 4 members (excludes halogenated alkanes) is 1. The molecule has 0 aromatic heterocycles. The Bertz CT molecular complexity index is 154. The van der Waals surface area contributed by atoms with E-state index in [1.807, 2.05) is 0 Å². The van der Waals surface area contributed by atoms with Gasteiger partial charge in [0.05, 0.1) is 0 Å². The molecule has 0 saturated heterocycles. The lowest BCUT2D eigenvalue weighted by atomic mass is 9.87. The van der Waals surface area contributed by atoms with Crippen molar-refractivity contribution in [2.75, 3.05) is 6.54 Å². The molecule has 0 aromatic carbocycles. The molecule has 17 heavy (non-hydrogen) atoms. The quantitative estimate of drug-likeness (QED) is 0.536. The Morgan fingerprint density at radius 3 is 2.06 bits per heavy atom. The normalized spacial score (nSPS) is 15.2. The molecule has 0 bridgehead atoms. The van der Waals surface area contributed by atoms with E-state index in [1.54, 1.807) is 0 Å². The Hall–Kier alpha value is -0.0400. The zero-order chi connectivity index (χ0) is 13.1. The summed E-state index contributed by atoms with van der Waals surface area (Å²) in [6.07, 6.45) is 9.45. The van der Waals surface area contributed by atoms with Crippen molar-refractivity contribution in [2.45, 2.75) is 85.6 Å². The molecule has 1 nitrogen and oxygen atoms in total. The summed E-state index contributed by atoms with van der Waals surface area (Å²) in [5.74, 6) is 1.73. The average molecular weight is 241 g/mol. The van der Waals surface area contributed by atoms with Gasteiger partial charge in [0.15, 0.2) is 0 Å². The number of hydrogen-bond donors (Lipinski definition) is 1. The molecule has 0 aromatic rings. The molecule has 0 saturated carbocycles. The molecule has 0 aliphatic heterocycles. The molecule has 0 amide bonds. The Balaban J connectivity index is 4.17. The monoisotopic (exact) mass is 241 g/mol. The lowest BCUT2D eigenvalue weighted by Gasteiger charge is -2.28. The molecule has 0 rings (SSSR count). The minimum absolute atomic E-state index is 0.758. The molecule has 0 aliphatic rings. The SMILES string of the molecule is CCCCC(CC)C(CCC(C)C)NCCC. The zero-order valence-electron chi connectivity index (χ0n) is 12.9. The van der Waals surface area contributed by atoms with Crippen molar-refractivity contribution in [3.05, 3.63) is 0 Å². The van der Waals surface area contributed by atoms with Crippen LogP contribution in [0.15, 0.2) is 0 Å². The molecule has 0 spiro atoms. The summed E-state index contributed by atoms with van der Waals surface area (Å²) in [4.78, 5) is 0. The zero-order valence-corrected chi connectivity index (χ0v) is 12.9. The second-order valence-electron chi connectivity index (χ2n) is 5.84. The third-order valence-corrected chi connectivity index (χ3v) is 3.73. The standard InChI is InChI=1S/C16H35N/c1-6-9-10-15(8-3)16(17-13-7-2)12-11-14(4)5/h14-17H,6-13H2,1-5H3. The van der Waals surface area contributed by atoms with Crippen LogP contribution in [0.1, 0.15) is 79.6 Å². The number of nitrogens with one attached hydrogen (secondary N) is 1. The third kappa shape index (κ3) is 8.65. The maximum absolute atomic E-state index is 3.78. The molecule has 0 heterocycles. The van der Waals surface area contributed by atoms with Crippen LogP contribution in [0.3, 0.4) is 0 Å². The molecule has 1 N–H and O–H groups in total. The van der Waals surface area contributed by atoms with Crippen molar-refractivity contribution in [1.82, 2.24) is 5.32 Å². The maximum atomic E-state index is 3.78. The largest absolute Gasteiger partial charge is 0.314 e.